The monoisotopic (exact) mass is 424 g/mol. The third-order valence-electron chi connectivity index (χ3n) is 4.98. The summed E-state index contributed by atoms with van der Waals surface area (Å²) in [5.41, 5.74) is 1.21. The van der Waals surface area contributed by atoms with Crippen LogP contribution in [0.25, 0.3) is 10.1 Å². The highest BCUT2D eigenvalue weighted by molar-refractivity contribution is 7.80. The van der Waals surface area contributed by atoms with Crippen LogP contribution in [0.4, 0.5) is 5.69 Å². The van der Waals surface area contributed by atoms with Crippen molar-refractivity contribution in [1.29, 1.82) is 0 Å². The summed E-state index contributed by atoms with van der Waals surface area (Å²) in [5.74, 6) is 0.275. The molecule has 2 N–H and O–H groups in total. The average molecular weight is 425 g/mol. The largest absolute Gasteiger partial charge is 0.465 e. The van der Waals surface area contributed by atoms with E-state index in [1.165, 1.54) is 24.9 Å². The average Bonchev–Trinajstić information content (AvgIpc) is 2.88. The lowest BCUT2D eigenvalue weighted by molar-refractivity contribution is 0.0606. The maximum absolute atomic E-state index is 11.8. The highest BCUT2D eigenvalue weighted by Crippen LogP contribution is 2.39. The molecule has 1 aromatic carbocycles. The Hall–Kier alpha value is -1.37. The second-order valence-corrected chi connectivity index (χ2v) is 9.99. The van der Waals surface area contributed by atoms with Crippen molar-refractivity contribution in [2.75, 3.05) is 12.4 Å². The fraction of sp³-hybridized carbons (Fsp3) is 0.500. The van der Waals surface area contributed by atoms with E-state index in [0.717, 1.165) is 28.6 Å². The van der Waals surface area contributed by atoms with Crippen molar-refractivity contribution in [1.82, 2.24) is 5.32 Å². The zero-order chi connectivity index (χ0) is 19.8. The SMILES string of the molecule is COC(=O)c1sc2cc(NC(=S)NC3CC(C)CC(C)(C)C3)ccc2c1Cl. The van der Waals surface area contributed by atoms with Crippen LogP contribution in [0, 0.1) is 11.3 Å². The van der Waals surface area contributed by atoms with Crippen molar-refractivity contribution >= 4 is 62.0 Å². The molecule has 1 heterocycles. The second-order valence-electron chi connectivity index (χ2n) is 8.16. The van der Waals surface area contributed by atoms with Gasteiger partial charge in [0.2, 0.25) is 0 Å². The van der Waals surface area contributed by atoms with Gasteiger partial charge in [-0.05, 0) is 61.0 Å². The minimum Gasteiger partial charge on any atom is -0.465 e. The van der Waals surface area contributed by atoms with Gasteiger partial charge in [0, 0.05) is 21.8 Å². The van der Waals surface area contributed by atoms with Gasteiger partial charge in [0.05, 0.1) is 12.1 Å². The Morgan fingerprint density at radius 2 is 2.11 bits per heavy atom. The number of thiophene rings is 1. The molecule has 0 spiro atoms. The molecule has 0 saturated heterocycles. The molecule has 3 rings (SSSR count). The number of carbonyl (C=O) groups excluding carboxylic acids is 1. The Kier molecular flexibility index (Phi) is 5.99. The normalized spacial score (nSPS) is 21.7. The number of carbonyl (C=O) groups is 1. The molecule has 146 valence electrons. The van der Waals surface area contributed by atoms with Crippen molar-refractivity contribution in [3.8, 4) is 0 Å². The van der Waals surface area contributed by atoms with Crippen LogP contribution in [-0.2, 0) is 4.74 Å². The number of benzene rings is 1. The fourth-order valence-electron chi connectivity index (χ4n) is 4.18. The molecule has 1 aliphatic carbocycles. The van der Waals surface area contributed by atoms with Gasteiger partial charge in [0.15, 0.2) is 5.11 Å². The number of halogens is 1. The molecular weight excluding hydrogens is 400 g/mol. The van der Waals surface area contributed by atoms with E-state index >= 15 is 0 Å². The van der Waals surface area contributed by atoms with Crippen molar-refractivity contribution < 1.29 is 9.53 Å². The van der Waals surface area contributed by atoms with E-state index < -0.39 is 5.97 Å². The first-order valence-electron chi connectivity index (χ1n) is 9.06. The molecule has 0 radical (unpaired) electrons. The first-order chi connectivity index (χ1) is 12.7. The lowest BCUT2D eigenvalue weighted by atomic mass is 9.71. The summed E-state index contributed by atoms with van der Waals surface area (Å²) in [6, 6.07) is 6.16. The first-order valence-corrected chi connectivity index (χ1v) is 10.7. The van der Waals surface area contributed by atoms with Crippen LogP contribution in [-0.4, -0.2) is 24.2 Å². The van der Waals surface area contributed by atoms with Crippen LogP contribution >= 0.6 is 35.2 Å². The summed E-state index contributed by atoms with van der Waals surface area (Å²) in [6.45, 7) is 6.95. The summed E-state index contributed by atoms with van der Waals surface area (Å²) in [7, 11) is 1.35. The molecule has 2 aromatic rings. The van der Waals surface area contributed by atoms with Crippen molar-refractivity contribution in [3.63, 3.8) is 0 Å². The second kappa shape index (κ2) is 7.94. The Morgan fingerprint density at radius 3 is 2.78 bits per heavy atom. The third-order valence-corrected chi connectivity index (χ3v) is 6.84. The predicted octanol–water partition coefficient (Wildman–Crippen LogP) is 5.84. The van der Waals surface area contributed by atoms with Crippen LogP contribution in [0.3, 0.4) is 0 Å². The Balaban J connectivity index is 1.71. The summed E-state index contributed by atoms with van der Waals surface area (Å²) in [6.07, 6.45) is 3.50. The number of hydrogen-bond donors (Lipinski definition) is 2. The van der Waals surface area contributed by atoms with E-state index in [0.29, 0.717) is 32.4 Å². The van der Waals surface area contributed by atoms with Gasteiger partial charge >= 0.3 is 5.97 Å². The Morgan fingerprint density at radius 1 is 1.37 bits per heavy atom. The van der Waals surface area contributed by atoms with Crippen LogP contribution in [0.2, 0.25) is 5.02 Å². The molecule has 2 atom stereocenters. The molecule has 7 heteroatoms. The van der Waals surface area contributed by atoms with E-state index in [2.05, 4.69) is 31.4 Å². The topological polar surface area (TPSA) is 50.4 Å². The molecule has 2 unspecified atom stereocenters. The van der Waals surface area contributed by atoms with Gasteiger partial charge in [0.25, 0.3) is 0 Å². The zero-order valence-electron chi connectivity index (χ0n) is 16.0. The van der Waals surface area contributed by atoms with Gasteiger partial charge in [0.1, 0.15) is 4.88 Å². The van der Waals surface area contributed by atoms with E-state index in [1.807, 2.05) is 18.2 Å². The zero-order valence-corrected chi connectivity index (χ0v) is 18.4. The Labute approximate surface area is 174 Å². The highest BCUT2D eigenvalue weighted by atomic mass is 35.5. The van der Waals surface area contributed by atoms with Crippen LogP contribution in [0.1, 0.15) is 49.7 Å². The van der Waals surface area contributed by atoms with Gasteiger partial charge in [-0.2, -0.15) is 0 Å². The number of methoxy groups -OCH3 is 1. The molecule has 1 aliphatic rings. The molecule has 0 aliphatic heterocycles. The molecule has 0 amide bonds. The van der Waals surface area contributed by atoms with E-state index in [4.69, 9.17) is 28.6 Å². The summed E-state index contributed by atoms with van der Waals surface area (Å²) < 4.78 is 5.71. The number of rotatable bonds is 3. The van der Waals surface area contributed by atoms with Gasteiger partial charge in [-0.1, -0.05) is 32.4 Å². The molecule has 0 bridgehead atoms. The number of hydrogen-bond acceptors (Lipinski definition) is 4. The molecule has 27 heavy (non-hydrogen) atoms. The highest BCUT2D eigenvalue weighted by Gasteiger charge is 2.32. The number of nitrogens with one attached hydrogen (secondary N) is 2. The number of fused-ring (bicyclic) bond motifs is 1. The van der Waals surface area contributed by atoms with Crippen LogP contribution < -0.4 is 10.6 Å². The van der Waals surface area contributed by atoms with E-state index in [1.54, 1.807) is 0 Å². The number of ether oxygens (including phenoxy) is 1. The molecule has 4 nitrogen and oxygen atoms in total. The van der Waals surface area contributed by atoms with E-state index in [9.17, 15) is 4.79 Å². The molecule has 1 fully saturated rings. The molecule has 1 saturated carbocycles. The quantitative estimate of drug-likeness (QED) is 0.478. The summed E-state index contributed by atoms with van der Waals surface area (Å²) >= 11 is 13.2. The number of thiocarbonyl (C=S) groups is 1. The summed E-state index contributed by atoms with van der Waals surface area (Å²) in [4.78, 5) is 12.2. The van der Waals surface area contributed by atoms with Gasteiger partial charge in [-0.25, -0.2) is 4.79 Å². The van der Waals surface area contributed by atoms with Gasteiger partial charge in [-0.15, -0.1) is 11.3 Å². The molecule has 1 aromatic heterocycles. The van der Waals surface area contributed by atoms with Crippen molar-refractivity contribution in [2.45, 2.75) is 46.1 Å². The number of anilines is 1. The van der Waals surface area contributed by atoms with Crippen LogP contribution in [0.15, 0.2) is 18.2 Å². The first kappa shape index (κ1) is 20.4. The maximum Gasteiger partial charge on any atom is 0.349 e. The lowest BCUT2D eigenvalue weighted by Crippen LogP contribution is -2.44. The summed E-state index contributed by atoms with van der Waals surface area (Å²) in [5, 5.41) is 8.64. The van der Waals surface area contributed by atoms with Crippen molar-refractivity contribution in [2.24, 2.45) is 11.3 Å². The molecular formula is C20H25ClN2O2S2. The van der Waals surface area contributed by atoms with Gasteiger partial charge < -0.3 is 15.4 Å². The maximum atomic E-state index is 11.8. The van der Waals surface area contributed by atoms with Crippen molar-refractivity contribution in [3.05, 3.63) is 28.1 Å². The van der Waals surface area contributed by atoms with Crippen LogP contribution in [0.5, 0.6) is 0 Å². The third kappa shape index (κ3) is 4.73. The predicted molar refractivity (Wildman–Crippen MR) is 118 cm³/mol. The lowest BCUT2D eigenvalue weighted by Gasteiger charge is -2.39. The van der Waals surface area contributed by atoms with E-state index in [-0.39, 0.29) is 0 Å². The minimum atomic E-state index is -0.415. The standard InChI is InChI=1S/C20H25ClN2O2S2/c1-11-7-13(10-20(2,3)9-11)23-19(26)22-12-5-6-14-15(8-12)27-17(16(14)21)18(24)25-4/h5-6,8,11,13H,7,9-10H2,1-4H3,(H2,22,23,26). The number of esters is 1. The minimum absolute atomic E-state index is 0.335. The smallest absolute Gasteiger partial charge is 0.349 e. The Bertz CT molecular complexity index is 878. The van der Waals surface area contributed by atoms with Gasteiger partial charge in [-0.3, -0.25) is 0 Å². The fourth-order valence-corrected chi connectivity index (χ4v) is 5.93.